The van der Waals surface area contributed by atoms with Crippen molar-refractivity contribution in [2.45, 2.75) is 26.2 Å². The Labute approximate surface area is 140 Å². The second-order valence-electron chi connectivity index (χ2n) is 5.96. The van der Waals surface area contributed by atoms with Gasteiger partial charge in [0.15, 0.2) is 0 Å². The molecule has 2 aromatic rings. The fraction of sp³-hybridized carbons (Fsp3) is 0.278. The van der Waals surface area contributed by atoms with E-state index in [0.29, 0.717) is 10.0 Å². The van der Waals surface area contributed by atoms with Crippen molar-refractivity contribution in [2.24, 2.45) is 5.92 Å². The summed E-state index contributed by atoms with van der Waals surface area (Å²) >= 11 is 12.1. The summed E-state index contributed by atoms with van der Waals surface area (Å²) in [6.07, 6.45) is 0.841. The Kier molecular flexibility index (Phi) is 4.16. The van der Waals surface area contributed by atoms with Gasteiger partial charge in [-0.05, 0) is 67.1 Å². The first-order chi connectivity index (χ1) is 10.4. The van der Waals surface area contributed by atoms with Gasteiger partial charge in [-0.2, -0.15) is 0 Å². The number of halogens is 2. The zero-order valence-corrected chi connectivity index (χ0v) is 14.0. The Bertz CT molecular complexity index is 722. The molecule has 2 atom stereocenters. The van der Waals surface area contributed by atoms with Gasteiger partial charge in [-0.25, -0.2) is 0 Å². The molecule has 22 heavy (non-hydrogen) atoms. The molecule has 0 unspecified atom stereocenters. The van der Waals surface area contributed by atoms with E-state index in [0.717, 1.165) is 28.8 Å². The molecule has 2 nitrogen and oxygen atoms in total. The van der Waals surface area contributed by atoms with Gasteiger partial charge in [-0.1, -0.05) is 35.3 Å². The third-order valence-corrected chi connectivity index (χ3v) is 4.53. The summed E-state index contributed by atoms with van der Waals surface area (Å²) in [6.45, 7) is 4.01. The Morgan fingerprint density at radius 3 is 2.45 bits per heavy atom. The van der Waals surface area contributed by atoms with Crippen LogP contribution in [0.4, 0.5) is 5.69 Å². The Balaban J connectivity index is 1.71. The molecule has 1 aliphatic carbocycles. The van der Waals surface area contributed by atoms with Crippen molar-refractivity contribution in [3.63, 3.8) is 0 Å². The lowest BCUT2D eigenvalue weighted by Crippen LogP contribution is -2.15. The summed E-state index contributed by atoms with van der Waals surface area (Å²) in [7, 11) is 0. The van der Waals surface area contributed by atoms with Gasteiger partial charge in [0.25, 0.3) is 0 Å². The molecule has 3 rings (SSSR count). The van der Waals surface area contributed by atoms with E-state index >= 15 is 0 Å². The van der Waals surface area contributed by atoms with Crippen LogP contribution in [0.3, 0.4) is 0 Å². The second-order valence-corrected chi connectivity index (χ2v) is 6.83. The number of aryl methyl sites for hydroxylation is 2. The molecule has 0 spiro atoms. The van der Waals surface area contributed by atoms with Crippen LogP contribution in [0.2, 0.25) is 10.0 Å². The van der Waals surface area contributed by atoms with Crippen LogP contribution in [-0.4, -0.2) is 5.91 Å². The van der Waals surface area contributed by atoms with E-state index in [9.17, 15) is 4.79 Å². The lowest BCUT2D eigenvalue weighted by molar-refractivity contribution is -0.117. The molecule has 0 aliphatic heterocycles. The van der Waals surface area contributed by atoms with E-state index in [1.54, 1.807) is 6.07 Å². The third kappa shape index (κ3) is 3.29. The lowest BCUT2D eigenvalue weighted by atomic mass is 10.1. The summed E-state index contributed by atoms with van der Waals surface area (Å²) < 4.78 is 0. The van der Waals surface area contributed by atoms with E-state index < -0.39 is 0 Å². The van der Waals surface area contributed by atoms with Gasteiger partial charge in [0, 0.05) is 21.7 Å². The average molecular weight is 334 g/mol. The minimum absolute atomic E-state index is 0.00514. The van der Waals surface area contributed by atoms with E-state index in [2.05, 4.69) is 5.32 Å². The number of anilines is 1. The van der Waals surface area contributed by atoms with Crippen molar-refractivity contribution >= 4 is 34.8 Å². The molecule has 4 heteroatoms. The van der Waals surface area contributed by atoms with Gasteiger partial charge in [0.1, 0.15) is 0 Å². The molecule has 1 fully saturated rings. The van der Waals surface area contributed by atoms with Gasteiger partial charge in [-0.15, -0.1) is 0 Å². The van der Waals surface area contributed by atoms with Crippen molar-refractivity contribution in [1.82, 2.24) is 0 Å². The number of hydrogen-bond acceptors (Lipinski definition) is 1. The highest BCUT2D eigenvalue weighted by molar-refractivity contribution is 6.34. The molecule has 1 saturated carbocycles. The Morgan fingerprint density at radius 2 is 1.77 bits per heavy atom. The van der Waals surface area contributed by atoms with Crippen LogP contribution in [0, 0.1) is 19.8 Å². The maximum Gasteiger partial charge on any atom is 0.228 e. The zero-order valence-electron chi connectivity index (χ0n) is 12.5. The van der Waals surface area contributed by atoms with Crippen molar-refractivity contribution in [3.8, 4) is 0 Å². The Morgan fingerprint density at radius 1 is 1.09 bits per heavy atom. The molecule has 0 aromatic heterocycles. The van der Waals surface area contributed by atoms with Gasteiger partial charge in [0.05, 0.1) is 0 Å². The number of carbonyl (C=O) groups excluding carboxylic acids is 1. The van der Waals surface area contributed by atoms with E-state index in [1.807, 2.05) is 44.2 Å². The molecular weight excluding hydrogens is 317 g/mol. The first-order valence-corrected chi connectivity index (χ1v) is 8.04. The largest absolute Gasteiger partial charge is 0.326 e. The summed E-state index contributed by atoms with van der Waals surface area (Å²) in [5.41, 5.74) is 4.13. The normalized spacial score (nSPS) is 19.8. The summed E-state index contributed by atoms with van der Waals surface area (Å²) in [4.78, 5) is 12.4. The SMILES string of the molecule is Cc1ccc(C)c(NC(=O)[C@@H]2C[C@@H]2c2cc(Cl)cc(Cl)c2)c1. The highest BCUT2D eigenvalue weighted by Crippen LogP contribution is 2.49. The molecule has 114 valence electrons. The molecule has 1 N–H and O–H groups in total. The summed E-state index contributed by atoms with van der Waals surface area (Å²) in [5, 5.41) is 4.26. The fourth-order valence-electron chi connectivity index (χ4n) is 2.74. The number of carbonyl (C=O) groups is 1. The van der Waals surface area contributed by atoms with E-state index in [1.165, 1.54) is 0 Å². The van der Waals surface area contributed by atoms with Gasteiger partial charge < -0.3 is 5.32 Å². The molecule has 1 amide bonds. The van der Waals surface area contributed by atoms with Crippen molar-refractivity contribution in [2.75, 3.05) is 5.32 Å². The standard InChI is InChI=1S/C18H17Cl2NO/c1-10-3-4-11(2)17(5-10)21-18(22)16-9-15(16)12-6-13(19)8-14(20)7-12/h3-8,15-16H,9H2,1-2H3,(H,21,22)/t15-,16-/m1/s1. The molecule has 0 bridgehead atoms. The third-order valence-electron chi connectivity index (χ3n) is 4.09. The van der Waals surface area contributed by atoms with Crippen molar-refractivity contribution in [1.29, 1.82) is 0 Å². The number of hydrogen-bond donors (Lipinski definition) is 1. The summed E-state index contributed by atoms with van der Waals surface area (Å²) in [5.74, 6) is 0.269. The van der Waals surface area contributed by atoms with Crippen LogP contribution >= 0.6 is 23.2 Å². The maximum atomic E-state index is 12.4. The number of benzene rings is 2. The number of amides is 1. The molecular formula is C18H17Cl2NO. The van der Waals surface area contributed by atoms with Gasteiger partial charge >= 0.3 is 0 Å². The molecule has 0 heterocycles. The quantitative estimate of drug-likeness (QED) is 0.805. The van der Waals surface area contributed by atoms with Crippen LogP contribution in [0.25, 0.3) is 0 Å². The van der Waals surface area contributed by atoms with Gasteiger partial charge in [0.2, 0.25) is 5.91 Å². The first kappa shape index (κ1) is 15.4. The second kappa shape index (κ2) is 5.94. The minimum atomic E-state index is -0.00514. The average Bonchev–Trinajstić information content (AvgIpc) is 3.22. The lowest BCUT2D eigenvalue weighted by Gasteiger charge is -2.09. The Hall–Kier alpha value is -1.51. The number of rotatable bonds is 3. The monoisotopic (exact) mass is 333 g/mol. The molecule has 0 radical (unpaired) electrons. The van der Waals surface area contributed by atoms with Crippen LogP contribution < -0.4 is 5.32 Å². The van der Waals surface area contributed by atoms with Crippen LogP contribution in [0.1, 0.15) is 29.0 Å². The van der Waals surface area contributed by atoms with E-state index in [-0.39, 0.29) is 17.7 Å². The van der Waals surface area contributed by atoms with Crippen LogP contribution in [-0.2, 0) is 4.79 Å². The number of nitrogens with one attached hydrogen (secondary N) is 1. The fourth-order valence-corrected chi connectivity index (χ4v) is 3.28. The van der Waals surface area contributed by atoms with Crippen LogP contribution in [0.15, 0.2) is 36.4 Å². The van der Waals surface area contributed by atoms with Crippen molar-refractivity contribution < 1.29 is 4.79 Å². The highest BCUT2D eigenvalue weighted by atomic mass is 35.5. The molecule has 1 aliphatic rings. The topological polar surface area (TPSA) is 29.1 Å². The minimum Gasteiger partial charge on any atom is -0.326 e. The zero-order chi connectivity index (χ0) is 15.9. The van der Waals surface area contributed by atoms with Crippen molar-refractivity contribution in [3.05, 3.63) is 63.1 Å². The molecule has 2 aromatic carbocycles. The first-order valence-electron chi connectivity index (χ1n) is 7.28. The predicted molar refractivity (Wildman–Crippen MR) is 91.9 cm³/mol. The molecule has 0 saturated heterocycles. The predicted octanol–water partition coefficient (Wildman–Crippen LogP) is 5.35. The van der Waals surface area contributed by atoms with Crippen LogP contribution in [0.5, 0.6) is 0 Å². The van der Waals surface area contributed by atoms with Gasteiger partial charge in [-0.3, -0.25) is 4.79 Å². The maximum absolute atomic E-state index is 12.4. The highest BCUT2D eigenvalue weighted by Gasteiger charge is 2.44. The van der Waals surface area contributed by atoms with E-state index in [4.69, 9.17) is 23.2 Å². The summed E-state index contributed by atoms with van der Waals surface area (Å²) in [6, 6.07) is 11.6. The smallest absolute Gasteiger partial charge is 0.228 e.